The molecule has 0 unspecified atom stereocenters. The van der Waals surface area contributed by atoms with E-state index in [1.165, 1.54) is 19.3 Å². The van der Waals surface area contributed by atoms with E-state index in [1.807, 2.05) is 6.92 Å². The molecule has 1 rings (SSSR count). The normalized spacial score (nSPS) is 18.7. The lowest BCUT2D eigenvalue weighted by molar-refractivity contribution is 0.139. The summed E-state index contributed by atoms with van der Waals surface area (Å²) in [4.78, 5) is 4.66. The van der Waals surface area contributed by atoms with Crippen molar-refractivity contribution in [3.63, 3.8) is 0 Å². The van der Waals surface area contributed by atoms with Crippen LogP contribution in [0.3, 0.4) is 0 Å². The van der Waals surface area contributed by atoms with Crippen LogP contribution < -0.4 is 10.6 Å². The molecule has 0 aromatic rings. The molecule has 0 saturated heterocycles. The molecule has 0 atom stereocenters. The van der Waals surface area contributed by atoms with Crippen LogP contribution in [0.1, 0.15) is 60.3 Å². The molecule has 1 fully saturated rings. The molecule has 0 aliphatic heterocycles. The molecule has 6 heteroatoms. The van der Waals surface area contributed by atoms with E-state index in [0.29, 0.717) is 12.0 Å². The van der Waals surface area contributed by atoms with E-state index in [-0.39, 0.29) is 5.75 Å². The molecule has 0 radical (unpaired) electrons. The Kier molecular flexibility index (Phi) is 6.71. The Hall–Kier alpha value is -0.780. The number of nitrogens with zero attached hydrogens (tertiary/aromatic N) is 1. The van der Waals surface area contributed by atoms with Gasteiger partial charge in [0.2, 0.25) is 0 Å². The van der Waals surface area contributed by atoms with Crippen LogP contribution in [-0.2, 0) is 9.84 Å². The summed E-state index contributed by atoms with van der Waals surface area (Å²) in [6.07, 6.45) is 4.97. The summed E-state index contributed by atoms with van der Waals surface area (Å²) in [6.45, 7) is 11.5. The fourth-order valence-electron chi connectivity index (χ4n) is 2.50. The standard InChI is InChI=1S/C16H33N3O2S/c1-6-16(9-8-10-16)13-19-14(17-7-2)18-11-12-22(20,21)15(3,4)5/h6-13H2,1-5H3,(H2,17,18,19). The number of hydrogen-bond donors (Lipinski definition) is 2. The average molecular weight is 332 g/mol. The number of sulfone groups is 1. The first-order valence-electron chi connectivity index (χ1n) is 8.40. The minimum atomic E-state index is -3.10. The highest BCUT2D eigenvalue weighted by Gasteiger charge is 2.34. The Balaban J connectivity index is 2.54. The van der Waals surface area contributed by atoms with Gasteiger partial charge in [-0.2, -0.15) is 0 Å². The summed E-state index contributed by atoms with van der Waals surface area (Å²) >= 11 is 0. The van der Waals surface area contributed by atoms with Gasteiger partial charge < -0.3 is 10.6 Å². The van der Waals surface area contributed by atoms with Gasteiger partial charge in [0.25, 0.3) is 0 Å². The van der Waals surface area contributed by atoms with E-state index in [0.717, 1.165) is 25.5 Å². The number of guanidine groups is 1. The number of rotatable bonds is 7. The van der Waals surface area contributed by atoms with Crippen LogP contribution in [0.4, 0.5) is 0 Å². The van der Waals surface area contributed by atoms with Crippen LogP contribution in [0, 0.1) is 5.41 Å². The van der Waals surface area contributed by atoms with Gasteiger partial charge in [0.05, 0.1) is 10.5 Å². The minimum Gasteiger partial charge on any atom is -0.357 e. The fraction of sp³-hybridized carbons (Fsp3) is 0.938. The zero-order chi connectivity index (χ0) is 16.9. The first-order chi connectivity index (χ1) is 10.2. The van der Waals surface area contributed by atoms with Crippen LogP contribution in [0.5, 0.6) is 0 Å². The van der Waals surface area contributed by atoms with Crippen molar-refractivity contribution in [1.29, 1.82) is 0 Å². The van der Waals surface area contributed by atoms with Crippen LogP contribution in [-0.4, -0.2) is 44.5 Å². The molecule has 130 valence electrons. The Morgan fingerprint density at radius 3 is 2.23 bits per heavy atom. The first kappa shape index (κ1) is 19.3. The van der Waals surface area contributed by atoms with Crippen molar-refractivity contribution in [3.8, 4) is 0 Å². The molecule has 0 aromatic carbocycles. The lowest BCUT2D eigenvalue weighted by Crippen LogP contribution is -2.43. The Morgan fingerprint density at radius 2 is 1.82 bits per heavy atom. The molecule has 22 heavy (non-hydrogen) atoms. The Labute approximate surface area is 136 Å². The quantitative estimate of drug-likeness (QED) is 0.555. The van der Waals surface area contributed by atoms with Crippen molar-refractivity contribution >= 4 is 15.8 Å². The number of nitrogens with one attached hydrogen (secondary N) is 2. The van der Waals surface area contributed by atoms with Gasteiger partial charge in [-0.15, -0.1) is 0 Å². The van der Waals surface area contributed by atoms with Crippen LogP contribution in [0.2, 0.25) is 0 Å². The predicted molar refractivity (Wildman–Crippen MR) is 94.1 cm³/mol. The maximum atomic E-state index is 12.1. The summed E-state index contributed by atoms with van der Waals surface area (Å²) in [5.41, 5.74) is 0.375. The Morgan fingerprint density at radius 1 is 1.18 bits per heavy atom. The van der Waals surface area contributed by atoms with Gasteiger partial charge in [-0.05, 0) is 52.4 Å². The van der Waals surface area contributed by atoms with Crippen molar-refractivity contribution in [2.24, 2.45) is 10.4 Å². The lowest BCUT2D eigenvalue weighted by Gasteiger charge is -2.40. The highest BCUT2D eigenvalue weighted by atomic mass is 32.2. The van der Waals surface area contributed by atoms with Crippen molar-refractivity contribution in [2.75, 3.05) is 25.4 Å². The second kappa shape index (κ2) is 7.66. The highest BCUT2D eigenvalue weighted by Crippen LogP contribution is 2.43. The molecule has 0 bridgehead atoms. The smallest absolute Gasteiger partial charge is 0.191 e. The average Bonchev–Trinajstić information content (AvgIpc) is 2.36. The fourth-order valence-corrected chi connectivity index (χ4v) is 3.48. The van der Waals surface area contributed by atoms with Crippen LogP contribution >= 0.6 is 0 Å². The van der Waals surface area contributed by atoms with E-state index < -0.39 is 14.6 Å². The third-order valence-corrected chi connectivity index (χ3v) is 7.28. The number of aliphatic imine (C=N–C) groups is 1. The van der Waals surface area contributed by atoms with E-state index >= 15 is 0 Å². The maximum Gasteiger partial charge on any atom is 0.191 e. The van der Waals surface area contributed by atoms with E-state index in [9.17, 15) is 8.42 Å². The van der Waals surface area contributed by atoms with Gasteiger partial charge in [-0.25, -0.2) is 8.42 Å². The Bertz CT molecular complexity index is 469. The van der Waals surface area contributed by atoms with Crippen molar-refractivity contribution in [2.45, 2.75) is 65.0 Å². The summed E-state index contributed by atoms with van der Waals surface area (Å²) in [7, 11) is -3.10. The first-order valence-corrected chi connectivity index (χ1v) is 10.1. The van der Waals surface area contributed by atoms with Gasteiger partial charge >= 0.3 is 0 Å². The molecule has 1 aliphatic carbocycles. The molecule has 5 nitrogen and oxygen atoms in total. The topological polar surface area (TPSA) is 70.6 Å². The van der Waals surface area contributed by atoms with Crippen LogP contribution in [0.15, 0.2) is 4.99 Å². The maximum absolute atomic E-state index is 12.1. The largest absolute Gasteiger partial charge is 0.357 e. The molecule has 0 amide bonds. The van der Waals surface area contributed by atoms with Crippen molar-refractivity contribution < 1.29 is 8.42 Å². The minimum absolute atomic E-state index is 0.125. The van der Waals surface area contributed by atoms with Gasteiger partial charge in [0, 0.05) is 19.6 Å². The molecule has 0 spiro atoms. The third-order valence-electron chi connectivity index (χ3n) is 4.68. The highest BCUT2D eigenvalue weighted by molar-refractivity contribution is 7.92. The zero-order valence-corrected chi connectivity index (χ0v) is 15.6. The van der Waals surface area contributed by atoms with E-state index in [4.69, 9.17) is 0 Å². The summed E-state index contributed by atoms with van der Waals surface area (Å²) < 4.78 is 23.5. The lowest BCUT2D eigenvalue weighted by atomic mass is 9.67. The van der Waals surface area contributed by atoms with E-state index in [2.05, 4.69) is 22.5 Å². The number of hydrogen-bond acceptors (Lipinski definition) is 3. The summed E-state index contributed by atoms with van der Waals surface area (Å²) in [5, 5.41) is 6.35. The molecule has 0 aromatic heterocycles. The molecular weight excluding hydrogens is 298 g/mol. The van der Waals surface area contributed by atoms with Gasteiger partial charge in [-0.3, -0.25) is 4.99 Å². The van der Waals surface area contributed by atoms with Gasteiger partial charge in [0.1, 0.15) is 0 Å². The van der Waals surface area contributed by atoms with Gasteiger partial charge in [0.15, 0.2) is 15.8 Å². The summed E-state index contributed by atoms with van der Waals surface area (Å²) in [5.74, 6) is 0.853. The van der Waals surface area contributed by atoms with Gasteiger partial charge in [-0.1, -0.05) is 13.3 Å². The zero-order valence-electron chi connectivity index (χ0n) is 14.8. The molecule has 0 heterocycles. The third kappa shape index (κ3) is 5.14. The molecular formula is C16H33N3O2S. The second-order valence-corrected chi connectivity index (χ2v) is 10.1. The predicted octanol–water partition coefficient (Wildman–Crippen LogP) is 2.34. The molecule has 1 saturated carbocycles. The summed E-state index contributed by atoms with van der Waals surface area (Å²) in [6, 6.07) is 0. The van der Waals surface area contributed by atoms with E-state index in [1.54, 1.807) is 20.8 Å². The van der Waals surface area contributed by atoms with Crippen molar-refractivity contribution in [1.82, 2.24) is 10.6 Å². The molecule has 2 N–H and O–H groups in total. The SMILES string of the molecule is CCNC(=NCC1(CC)CCC1)NCCS(=O)(=O)C(C)(C)C. The van der Waals surface area contributed by atoms with Crippen molar-refractivity contribution in [3.05, 3.63) is 0 Å². The van der Waals surface area contributed by atoms with Crippen LogP contribution in [0.25, 0.3) is 0 Å². The monoisotopic (exact) mass is 331 g/mol. The second-order valence-electron chi connectivity index (χ2n) is 7.26. The molecule has 1 aliphatic rings.